The molecule has 0 unspecified atom stereocenters. The predicted molar refractivity (Wildman–Crippen MR) is 71.7 cm³/mol. The number of hydrogen-bond acceptors (Lipinski definition) is 3. The van der Waals surface area contributed by atoms with Crippen LogP contribution in [0.15, 0.2) is 40.4 Å². The average molecular weight is 318 g/mol. The molecule has 1 heterocycles. The molecule has 0 aliphatic carbocycles. The van der Waals surface area contributed by atoms with Crippen molar-refractivity contribution in [1.29, 1.82) is 0 Å². The van der Waals surface area contributed by atoms with Gasteiger partial charge in [-0.3, -0.25) is 0 Å². The second-order valence-electron chi connectivity index (χ2n) is 3.49. The third kappa shape index (κ3) is 3.37. The molecule has 0 spiro atoms. The number of carbonyl (C=O) groups is 1. The van der Waals surface area contributed by atoms with E-state index in [1.54, 1.807) is 6.07 Å². The Morgan fingerprint density at radius 3 is 2.68 bits per heavy atom. The van der Waals surface area contributed by atoms with Crippen molar-refractivity contribution >= 4 is 40.9 Å². The first-order chi connectivity index (χ1) is 8.97. The van der Waals surface area contributed by atoms with Crippen LogP contribution in [0.1, 0.15) is 10.4 Å². The lowest BCUT2D eigenvalue weighted by Crippen LogP contribution is -1.97. The van der Waals surface area contributed by atoms with E-state index in [9.17, 15) is 9.18 Å². The second kappa shape index (κ2) is 5.77. The number of carboxylic acid groups (broad SMARTS) is 1. The van der Waals surface area contributed by atoms with Crippen molar-refractivity contribution in [3.8, 4) is 0 Å². The molecular weight excluding hydrogens is 312 g/mol. The van der Waals surface area contributed by atoms with Gasteiger partial charge in [0.1, 0.15) is 5.03 Å². The Labute approximate surface area is 122 Å². The van der Waals surface area contributed by atoms with Crippen molar-refractivity contribution < 1.29 is 14.3 Å². The molecule has 1 N–H and O–H groups in total. The van der Waals surface area contributed by atoms with Crippen LogP contribution in [0.4, 0.5) is 4.39 Å². The number of rotatable bonds is 3. The molecule has 0 amide bonds. The van der Waals surface area contributed by atoms with E-state index in [0.29, 0.717) is 4.90 Å². The summed E-state index contributed by atoms with van der Waals surface area (Å²) in [5.74, 6) is -1.71. The van der Waals surface area contributed by atoms with E-state index in [-0.39, 0.29) is 20.6 Å². The second-order valence-corrected chi connectivity index (χ2v) is 5.40. The van der Waals surface area contributed by atoms with Crippen LogP contribution in [0.3, 0.4) is 0 Å². The number of nitrogens with zero attached hydrogens (tertiary/aromatic N) is 1. The van der Waals surface area contributed by atoms with Crippen LogP contribution in [0.25, 0.3) is 0 Å². The molecule has 0 radical (unpaired) electrons. The van der Waals surface area contributed by atoms with E-state index in [2.05, 4.69) is 4.98 Å². The molecule has 2 rings (SSSR count). The summed E-state index contributed by atoms with van der Waals surface area (Å²) in [7, 11) is 0. The molecule has 7 heteroatoms. The Balaban J connectivity index is 2.33. The summed E-state index contributed by atoms with van der Waals surface area (Å²) in [5.41, 5.74) is -0.0407. The summed E-state index contributed by atoms with van der Waals surface area (Å²) >= 11 is 12.3. The molecule has 98 valence electrons. The molecule has 0 bridgehead atoms. The van der Waals surface area contributed by atoms with Gasteiger partial charge in [-0.2, -0.15) is 0 Å². The molecule has 3 nitrogen and oxygen atoms in total. The number of pyridine rings is 1. The zero-order chi connectivity index (χ0) is 14.0. The Kier molecular flexibility index (Phi) is 4.29. The molecule has 0 saturated carbocycles. The molecule has 1 aromatic carbocycles. The van der Waals surface area contributed by atoms with Crippen LogP contribution >= 0.6 is 35.0 Å². The predicted octanol–water partition coefficient (Wildman–Crippen LogP) is 4.38. The third-order valence-electron chi connectivity index (χ3n) is 2.16. The lowest BCUT2D eigenvalue weighted by molar-refractivity contribution is 0.0697. The van der Waals surface area contributed by atoms with Gasteiger partial charge in [0, 0.05) is 11.1 Å². The molecule has 0 aliphatic heterocycles. The minimum absolute atomic E-state index is 0.0407. The minimum atomic E-state index is -1.14. The SMILES string of the molecule is O=C(O)c1cc(Sc2ncc(Cl)cc2F)ccc1Cl. The molecule has 0 fully saturated rings. The Bertz CT molecular complexity index is 652. The Hall–Kier alpha value is -1.30. The number of carboxylic acids is 1. The van der Waals surface area contributed by atoms with Crippen molar-refractivity contribution in [2.75, 3.05) is 0 Å². The largest absolute Gasteiger partial charge is 0.478 e. The standard InChI is InChI=1S/C12H6Cl2FNO2S/c13-6-3-10(15)11(16-5-6)19-7-1-2-9(14)8(4-7)12(17)18/h1-5H,(H,17,18). The molecule has 0 saturated heterocycles. The maximum absolute atomic E-state index is 13.6. The van der Waals surface area contributed by atoms with Gasteiger partial charge in [-0.25, -0.2) is 14.2 Å². The molecular formula is C12H6Cl2FNO2S. The number of benzene rings is 1. The highest BCUT2D eigenvalue weighted by Gasteiger charge is 2.12. The van der Waals surface area contributed by atoms with Gasteiger partial charge < -0.3 is 5.11 Å². The van der Waals surface area contributed by atoms with Gasteiger partial charge in [-0.05, 0) is 24.3 Å². The highest BCUT2D eigenvalue weighted by atomic mass is 35.5. The van der Waals surface area contributed by atoms with E-state index in [4.69, 9.17) is 28.3 Å². The quantitative estimate of drug-likeness (QED) is 0.912. The monoisotopic (exact) mass is 317 g/mol. The van der Waals surface area contributed by atoms with Gasteiger partial charge in [0.2, 0.25) is 0 Å². The number of halogens is 3. The fourth-order valence-corrected chi connectivity index (χ4v) is 2.46. The van der Waals surface area contributed by atoms with Gasteiger partial charge >= 0.3 is 5.97 Å². The maximum Gasteiger partial charge on any atom is 0.337 e. The first-order valence-corrected chi connectivity index (χ1v) is 6.56. The Morgan fingerprint density at radius 2 is 2.05 bits per heavy atom. The summed E-state index contributed by atoms with van der Waals surface area (Å²) in [5, 5.41) is 9.38. The van der Waals surface area contributed by atoms with Gasteiger partial charge in [0.05, 0.1) is 15.6 Å². The molecule has 1 aromatic heterocycles. The first-order valence-electron chi connectivity index (χ1n) is 4.99. The molecule has 0 atom stereocenters. The zero-order valence-corrected chi connectivity index (χ0v) is 11.6. The summed E-state index contributed by atoms with van der Waals surface area (Å²) in [6.07, 6.45) is 1.32. The summed E-state index contributed by atoms with van der Waals surface area (Å²) < 4.78 is 13.6. The van der Waals surface area contributed by atoms with Gasteiger partial charge in [-0.1, -0.05) is 35.0 Å². The van der Waals surface area contributed by atoms with Crippen LogP contribution < -0.4 is 0 Å². The summed E-state index contributed by atoms with van der Waals surface area (Å²) in [6.45, 7) is 0. The Morgan fingerprint density at radius 1 is 1.32 bits per heavy atom. The van der Waals surface area contributed by atoms with Crippen LogP contribution in [-0.2, 0) is 0 Å². The average Bonchev–Trinajstić information content (AvgIpc) is 2.34. The van der Waals surface area contributed by atoms with Crippen molar-refractivity contribution in [2.45, 2.75) is 9.92 Å². The van der Waals surface area contributed by atoms with Crippen molar-refractivity contribution in [1.82, 2.24) is 4.98 Å². The fourth-order valence-electron chi connectivity index (χ4n) is 1.32. The third-order valence-corrected chi connectivity index (χ3v) is 3.68. The number of aromatic carboxylic acids is 1. The van der Waals surface area contributed by atoms with E-state index < -0.39 is 11.8 Å². The van der Waals surface area contributed by atoms with Crippen LogP contribution in [0.5, 0.6) is 0 Å². The van der Waals surface area contributed by atoms with Gasteiger partial charge in [0.15, 0.2) is 5.82 Å². The van der Waals surface area contributed by atoms with Crippen molar-refractivity contribution in [2.24, 2.45) is 0 Å². The highest BCUT2D eigenvalue weighted by molar-refractivity contribution is 7.99. The van der Waals surface area contributed by atoms with Gasteiger partial charge in [-0.15, -0.1) is 0 Å². The number of hydrogen-bond donors (Lipinski definition) is 1. The maximum atomic E-state index is 13.6. The van der Waals surface area contributed by atoms with Crippen LogP contribution in [-0.4, -0.2) is 16.1 Å². The summed E-state index contributed by atoms with van der Waals surface area (Å²) in [4.78, 5) is 15.3. The first kappa shape index (κ1) is 14.1. The van der Waals surface area contributed by atoms with Gasteiger partial charge in [0.25, 0.3) is 0 Å². The lowest BCUT2D eigenvalue weighted by Gasteiger charge is -2.05. The van der Waals surface area contributed by atoms with E-state index in [1.807, 2.05) is 0 Å². The molecule has 0 aliphatic rings. The highest BCUT2D eigenvalue weighted by Crippen LogP contribution is 2.31. The van der Waals surface area contributed by atoms with E-state index in [1.165, 1.54) is 18.3 Å². The molecule has 2 aromatic rings. The minimum Gasteiger partial charge on any atom is -0.478 e. The van der Waals surface area contributed by atoms with E-state index in [0.717, 1.165) is 17.8 Å². The molecule has 19 heavy (non-hydrogen) atoms. The van der Waals surface area contributed by atoms with Crippen LogP contribution in [0, 0.1) is 5.82 Å². The zero-order valence-electron chi connectivity index (χ0n) is 9.23. The normalized spacial score (nSPS) is 10.5. The fraction of sp³-hybridized carbons (Fsp3) is 0. The summed E-state index contributed by atoms with van der Waals surface area (Å²) in [6, 6.07) is 5.55. The number of aromatic nitrogens is 1. The van der Waals surface area contributed by atoms with Crippen LogP contribution in [0.2, 0.25) is 10.0 Å². The van der Waals surface area contributed by atoms with E-state index >= 15 is 0 Å². The van der Waals surface area contributed by atoms with Crippen molar-refractivity contribution in [3.63, 3.8) is 0 Å². The topological polar surface area (TPSA) is 50.2 Å². The van der Waals surface area contributed by atoms with Crippen molar-refractivity contribution in [3.05, 3.63) is 51.9 Å². The lowest BCUT2D eigenvalue weighted by atomic mass is 10.2. The smallest absolute Gasteiger partial charge is 0.337 e.